The third-order valence-electron chi connectivity index (χ3n) is 7.65. The van der Waals surface area contributed by atoms with Crippen molar-refractivity contribution in [3.63, 3.8) is 0 Å². The lowest BCUT2D eigenvalue weighted by Gasteiger charge is -2.49. The summed E-state index contributed by atoms with van der Waals surface area (Å²) >= 11 is 6.64. The molecule has 1 aliphatic heterocycles. The molecule has 1 aliphatic rings. The first-order valence-electron chi connectivity index (χ1n) is 10.6. The van der Waals surface area contributed by atoms with E-state index >= 15 is 0 Å². The van der Waals surface area contributed by atoms with Gasteiger partial charge >= 0.3 is 0 Å². The van der Waals surface area contributed by atoms with Crippen molar-refractivity contribution in [1.82, 2.24) is 9.38 Å². The lowest BCUT2D eigenvalue weighted by Crippen LogP contribution is -2.47. The summed E-state index contributed by atoms with van der Waals surface area (Å²) in [5, 5.41) is 3.89. The van der Waals surface area contributed by atoms with Crippen molar-refractivity contribution in [3.05, 3.63) is 59.4 Å². The molecular weight excluding hydrogens is 376 g/mol. The van der Waals surface area contributed by atoms with Crippen LogP contribution in [0.25, 0.3) is 27.3 Å². The summed E-state index contributed by atoms with van der Waals surface area (Å²) in [7, 11) is 0. The number of benzene rings is 2. The summed E-state index contributed by atoms with van der Waals surface area (Å²) in [5.74, 6) is 0. The summed E-state index contributed by atoms with van der Waals surface area (Å²) in [6.45, 7) is 13.7. The second-order valence-electron chi connectivity index (χ2n) is 10.2. The van der Waals surface area contributed by atoms with Crippen LogP contribution < -0.4 is 0 Å². The molecule has 0 spiro atoms. The van der Waals surface area contributed by atoms with Gasteiger partial charge in [0.1, 0.15) is 5.65 Å². The fourth-order valence-electron chi connectivity index (χ4n) is 5.43. The van der Waals surface area contributed by atoms with E-state index in [2.05, 4.69) is 88.5 Å². The number of fused-ring (bicyclic) bond motifs is 3. The predicted octanol–water partition coefficient (Wildman–Crippen LogP) is 7.30. The Morgan fingerprint density at radius 2 is 1.72 bits per heavy atom. The molecule has 2 aromatic heterocycles. The lowest BCUT2D eigenvalue weighted by molar-refractivity contribution is 0.232. The van der Waals surface area contributed by atoms with Crippen molar-refractivity contribution >= 4 is 38.9 Å². The maximum absolute atomic E-state index is 6.64. The van der Waals surface area contributed by atoms with Crippen LogP contribution in [0.3, 0.4) is 0 Å². The van der Waals surface area contributed by atoms with Crippen LogP contribution in [0.15, 0.2) is 42.6 Å². The van der Waals surface area contributed by atoms with Crippen molar-refractivity contribution in [2.75, 3.05) is 0 Å². The Labute approximate surface area is 177 Å². The first-order valence-corrected chi connectivity index (χ1v) is 11.0. The smallest absolute Gasteiger partial charge is 0.145 e. The number of aryl methyl sites for hydroxylation is 1. The highest BCUT2D eigenvalue weighted by Gasteiger charge is 2.49. The highest BCUT2D eigenvalue weighted by atomic mass is 35.5. The summed E-state index contributed by atoms with van der Waals surface area (Å²) in [4.78, 5) is 4.75. The first-order chi connectivity index (χ1) is 13.6. The Kier molecular flexibility index (Phi) is 3.76. The highest BCUT2D eigenvalue weighted by molar-refractivity contribution is 6.23. The molecule has 0 saturated carbocycles. The van der Waals surface area contributed by atoms with Gasteiger partial charge in [-0.15, -0.1) is 11.6 Å². The van der Waals surface area contributed by atoms with Crippen LogP contribution in [0.4, 0.5) is 0 Å². The molecule has 0 fully saturated rings. The van der Waals surface area contributed by atoms with Gasteiger partial charge in [-0.3, -0.25) is 4.40 Å². The molecule has 150 valence electrons. The van der Waals surface area contributed by atoms with Crippen molar-refractivity contribution in [3.8, 4) is 0 Å². The molecule has 1 unspecified atom stereocenters. The zero-order valence-corrected chi connectivity index (χ0v) is 19.0. The molecule has 0 amide bonds. The number of alkyl halides is 1. The number of rotatable bonds is 3. The molecule has 2 aromatic carbocycles. The minimum absolute atomic E-state index is 0.0352. The molecule has 0 bridgehead atoms. The van der Waals surface area contributed by atoms with Crippen molar-refractivity contribution in [1.29, 1.82) is 0 Å². The van der Waals surface area contributed by atoms with E-state index < -0.39 is 0 Å². The number of halogens is 1. The molecule has 5 rings (SSSR count). The molecule has 4 aromatic rings. The SMILES string of the molecule is Cc1ccc2c3c1c1ccccc1c1ncc(n13)C(C)(CCC(C)(C)Cl)C2(C)C. The number of hydrogen-bond acceptors (Lipinski definition) is 1. The molecule has 29 heavy (non-hydrogen) atoms. The zero-order chi connectivity index (χ0) is 20.8. The average Bonchev–Trinajstić information content (AvgIpc) is 3.10. The molecule has 3 heterocycles. The Morgan fingerprint density at radius 1 is 1.03 bits per heavy atom. The quantitative estimate of drug-likeness (QED) is 0.258. The minimum Gasteiger partial charge on any atom is -0.295 e. The Bertz CT molecular complexity index is 1290. The van der Waals surface area contributed by atoms with Gasteiger partial charge in [0.25, 0.3) is 0 Å². The summed E-state index contributed by atoms with van der Waals surface area (Å²) < 4.78 is 2.45. The van der Waals surface area contributed by atoms with E-state index in [4.69, 9.17) is 16.6 Å². The Balaban J connectivity index is 1.97. The average molecular weight is 405 g/mol. The maximum Gasteiger partial charge on any atom is 0.145 e. The van der Waals surface area contributed by atoms with Gasteiger partial charge < -0.3 is 0 Å². The third-order valence-corrected chi connectivity index (χ3v) is 7.84. The molecule has 3 heteroatoms. The number of pyridine rings is 1. The van der Waals surface area contributed by atoms with Gasteiger partial charge in [0.2, 0.25) is 0 Å². The van der Waals surface area contributed by atoms with E-state index in [0.717, 1.165) is 18.5 Å². The van der Waals surface area contributed by atoms with Gasteiger partial charge in [-0.05, 0) is 50.1 Å². The molecule has 2 nitrogen and oxygen atoms in total. The number of nitrogens with zero attached hydrogens (tertiary/aromatic N) is 2. The van der Waals surface area contributed by atoms with Gasteiger partial charge in [0, 0.05) is 38.4 Å². The Morgan fingerprint density at radius 3 is 2.41 bits per heavy atom. The van der Waals surface area contributed by atoms with E-state index in [1.165, 1.54) is 38.5 Å². The molecule has 0 saturated heterocycles. The third kappa shape index (κ3) is 2.39. The number of imidazole rings is 1. The largest absolute Gasteiger partial charge is 0.295 e. The van der Waals surface area contributed by atoms with E-state index in [-0.39, 0.29) is 15.7 Å². The summed E-state index contributed by atoms with van der Waals surface area (Å²) in [6, 6.07) is 13.3. The minimum atomic E-state index is -0.213. The monoisotopic (exact) mass is 404 g/mol. The van der Waals surface area contributed by atoms with Gasteiger partial charge in [-0.2, -0.15) is 0 Å². The number of hydrogen-bond donors (Lipinski definition) is 0. The summed E-state index contributed by atoms with van der Waals surface area (Å²) in [6.07, 6.45) is 4.10. The van der Waals surface area contributed by atoms with E-state index in [0.29, 0.717) is 0 Å². The number of aromatic nitrogens is 2. The van der Waals surface area contributed by atoms with Gasteiger partial charge in [-0.25, -0.2) is 4.98 Å². The van der Waals surface area contributed by atoms with Gasteiger partial charge in [0.05, 0.1) is 5.52 Å². The van der Waals surface area contributed by atoms with Crippen LogP contribution in [-0.2, 0) is 10.8 Å². The predicted molar refractivity (Wildman–Crippen MR) is 124 cm³/mol. The van der Waals surface area contributed by atoms with Crippen LogP contribution >= 0.6 is 11.6 Å². The normalized spacial score (nSPS) is 20.9. The van der Waals surface area contributed by atoms with E-state index in [9.17, 15) is 0 Å². The molecule has 0 aliphatic carbocycles. The standard InChI is InChI=1S/C26H29ClN2/c1-16-11-12-19-22-21(16)17-9-7-8-10-18(17)23-28-15-20(29(22)23)26(6,25(19,4)5)14-13-24(2,3)27/h7-12,15H,13-14H2,1-6H3. The van der Waals surface area contributed by atoms with E-state index in [1.54, 1.807) is 0 Å². The summed E-state index contributed by atoms with van der Waals surface area (Å²) in [5.41, 5.74) is 6.35. The zero-order valence-electron chi connectivity index (χ0n) is 18.2. The second kappa shape index (κ2) is 5.76. The van der Waals surface area contributed by atoms with Crippen molar-refractivity contribution in [2.24, 2.45) is 0 Å². The van der Waals surface area contributed by atoms with Crippen molar-refractivity contribution in [2.45, 2.75) is 70.1 Å². The van der Waals surface area contributed by atoms with Crippen molar-refractivity contribution < 1.29 is 0 Å². The van der Waals surface area contributed by atoms with Crippen LogP contribution in [-0.4, -0.2) is 14.3 Å². The van der Waals surface area contributed by atoms with Crippen LogP contribution in [0.1, 0.15) is 64.3 Å². The molecule has 0 radical (unpaired) electrons. The van der Waals surface area contributed by atoms with Gasteiger partial charge in [0.15, 0.2) is 0 Å². The maximum atomic E-state index is 6.64. The molecular formula is C26H29ClN2. The van der Waals surface area contributed by atoms with Crippen LogP contribution in [0.5, 0.6) is 0 Å². The first kappa shape index (κ1) is 18.9. The fraction of sp³-hybridized carbons (Fsp3) is 0.423. The second-order valence-corrected chi connectivity index (χ2v) is 11.2. The van der Waals surface area contributed by atoms with Crippen LogP contribution in [0.2, 0.25) is 0 Å². The highest BCUT2D eigenvalue weighted by Crippen LogP contribution is 2.54. The Hall–Kier alpha value is -2.06. The van der Waals surface area contributed by atoms with E-state index in [1.807, 2.05) is 0 Å². The molecule has 1 atom stereocenters. The topological polar surface area (TPSA) is 17.3 Å². The van der Waals surface area contributed by atoms with Gasteiger partial charge in [-0.1, -0.05) is 57.2 Å². The van der Waals surface area contributed by atoms with Crippen LogP contribution in [0, 0.1) is 6.92 Å². The lowest BCUT2D eigenvalue weighted by atomic mass is 9.57. The molecule has 0 N–H and O–H groups in total. The fourth-order valence-corrected chi connectivity index (χ4v) is 5.52.